The van der Waals surface area contributed by atoms with Crippen molar-refractivity contribution in [2.75, 3.05) is 39.1 Å². The van der Waals surface area contributed by atoms with E-state index in [1.165, 1.54) is 24.3 Å². The van der Waals surface area contributed by atoms with Gasteiger partial charge in [-0.15, -0.1) is 26.3 Å². The molecule has 0 aromatic heterocycles. The predicted molar refractivity (Wildman–Crippen MR) is 90.6 cm³/mol. The first-order chi connectivity index (χ1) is 10.9. The Morgan fingerprint density at radius 1 is 0.609 bits per heavy atom. The Hall–Kier alpha value is -0.780. The van der Waals surface area contributed by atoms with E-state index < -0.39 is 27.9 Å². The third kappa shape index (κ3) is 10.6. The monoisotopic (exact) mass is 366 g/mol. The van der Waals surface area contributed by atoms with Crippen LogP contribution in [0.3, 0.4) is 0 Å². The number of hydrogen-bond acceptors (Lipinski definition) is 7. The molecular weight excluding hydrogens is 342 g/mol. The van der Waals surface area contributed by atoms with Gasteiger partial charge >= 0.3 is 15.2 Å². The van der Waals surface area contributed by atoms with E-state index in [2.05, 4.69) is 26.3 Å². The van der Waals surface area contributed by atoms with E-state index in [0.717, 1.165) is 0 Å². The zero-order valence-corrected chi connectivity index (χ0v) is 14.9. The average molecular weight is 366 g/mol. The highest BCUT2D eigenvalue weighted by Gasteiger charge is 2.29. The fourth-order valence-electron chi connectivity index (χ4n) is 1.15. The van der Waals surface area contributed by atoms with E-state index in [1.807, 2.05) is 0 Å². The Bertz CT molecular complexity index is 402. The molecule has 9 heteroatoms. The van der Waals surface area contributed by atoms with Crippen molar-refractivity contribution in [1.29, 1.82) is 0 Å². The minimum Gasteiger partial charge on any atom is -0.356 e. The predicted octanol–water partition coefficient (Wildman–Crippen LogP) is 4.11. The lowest BCUT2D eigenvalue weighted by Gasteiger charge is -2.20. The molecule has 0 aromatic carbocycles. The second-order valence-electron chi connectivity index (χ2n) is 4.02. The van der Waals surface area contributed by atoms with Gasteiger partial charge in [0.05, 0.1) is 26.4 Å². The zero-order valence-electron chi connectivity index (χ0n) is 13.1. The fraction of sp³-hybridized carbons (Fsp3) is 0.429. The van der Waals surface area contributed by atoms with Gasteiger partial charge in [-0.25, -0.2) is 0 Å². The van der Waals surface area contributed by atoms with Crippen LogP contribution in [0.15, 0.2) is 50.6 Å². The third-order valence-corrected chi connectivity index (χ3v) is 5.22. The number of ether oxygens (including phenoxy) is 1. The maximum Gasteiger partial charge on any atom is 0.356 e. The summed E-state index contributed by atoms with van der Waals surface area (Å²) in [5.74, 6) is 0. The molecule has 0 heterocycles. The molecule has 0 spiro atoms. The molecule has 0 unspecified atom stereocenters. The molecule has 0 fully saturated rings. The van der Waals surface area contributed by atoms with Gasteiger partial charge in [0.15, 0.2) is 0 Å². The molecular formula is C14H24O7P2. The molecule has 0 aliphatic rings. The van der Waals surface area contributed by atoms with Crippen molar-refractivity contribution in [1.82, 2.24) is 0 Å². The highest BCUT2D eigenvalue weighted by Crippen LogP contribution is 2.52. The SMILES string of the molecule is C=CCOP(=O)(COCP(=O)(OCC=C)OCC=C)OCC=C. The van der Waals surface area contributed by atoms with Crippen molar-refractivity contribution < 1.29 is 32.0 Å². The molecule has 23 heavy (non-hydrogen) atoms. The lowest BCUT2D eigenvalue weighted by Crippen LogP contribution is -2.08. The van der Waals surface area contributed by atoms with E-state index in [9.17, 15) is 9.13 Å². The Balaban J connectivity index is 4.64. The van der Waals surface area contributed by atoms with Crippen molar-refractivity contribution in [2.45, 2.75) is 0 Å². The average Bonchev–Trinajstić information content (AvgIpc) is 2.55. The Morgan fingerprint density at radius 2 is 0.870 bits per heavy atom. The van der Waals surface area contributed by atoms with Gasteiger partial charge in [0, 0.05) is 0 Å². The summed E-state index contributed by atoms with van der Waals surface area (Å²) in [6.07, 6.45) is 4.88. The molecule has 0 bridgehead atoms. The van der Waals surface area contributed by atoms with Gasteiger partial charge in [0.2, 0.25) is 0 Å². The summed E-state index contributed by atoms with van der Waals surface area (Å²) in [6.45, 7) is 14.0. The van der Waals surface area contributed by atoms with Gasteiger partial charge in [-0.1, -0.05) is 24.3 Å². The van der Waals surface area contributed by atoms with Crippen LogP contribution in [0, 0.1) is 0 Å². The molecule has 0 aliphatic heterocycles. The van der Waals surface area contributed by atoms with Gasteiger partial charge in [-0.05, 0) is 0 Å². The summed E-state index contributed by atoms with van der Waals surface area (Å²) in [6, 6.07) is 0. The van der Waals surface area contributed by atoms with E-state index in [0.29, 0.717) is 0 Å². The van der Waals surface area contributed by atoms with Crippen LogP contribution < -0.4 is 0 Å². The molecule has 0 aromatic rings. The maximum absolute atomic E-state index is 12.4. The number of rotatable bonds is 16. The Kier molecular flexibility index (Phi) is 12.2. The van der Waals surface area contributed by atoms with Crippen LogP contribution in [-0.2, 0) is 32.0 Å². The van der Waals surface area contributed by atoms with Crippen LogP contribution in [0.2, 0.25) is 0 Å². The molecule has 0 N–H and O–H groups in total. The minimum atomic E-state index is -3.53. The second kappa shape index (κ2) is 12.6. The van der Waals surface area contributed by atoms with Gasteiger partial charge in [0.1, 0.15) is 12.7 Å². The second-order valence-corrected chi connectivity index (χ2v) is 8.01. The quantitative estimate of drug-likeness (QED) is 0.300. The lowest BCUT2D eigenvalue weighted by molar-refractivity contribution is 0.139. The molecule has 0 saturated carbocycles. The van der Waals surface area contributed by atoms with Crippen molar-refractivity contribution in [3.63, 3.8) is 0 Å². The first-order valence-corrected chi connectivity index (χ1v) is 10.2. The van der Waals surface area contributed by atoms with Gasteiger partial charge < -0.3 is 22.8 Å². The normalized spacial score (nSPS) is 11.8. The van der Waals surface area contributed by atoms with Crippen LogP contribution >= 0.6 is 15.2 Å². The standard InChI is InChI=1S/C14H24O7P2/c1-5-9-18-22(15,19-10-6-2)13-17-14-23(16,20-11-7-3)21-12-8-4/h5-8H,1-4,9-14H2. The van der Waals surface area contributed by atoms with Gasteiger partial charge in [-0.2, -0.15) is 0 Å². The Morgan fingerprint density at radius 3 is 1.09 bits per heavy atom. The van der Waals surface area contributed by atoms with E-state index in [1.54, 1.807) is 0 Å². The van der Waals surface area contributed by atoms with Crippen LogP contribution in [0.5, 0.6) is 0 Å². The van der Waals surface area contributed by atoms with Gasteiger partial charge in [0.25, 0.3) is 0 Å². The van der Waals surface area contributed by atoms with Crippen LogP contribution in [0.1, 0.15) is 0 Å². The lowest BCUT2D eigenvalue weighted by atomic mass is 10.7. The largest absolute Gasteiger partial charge is 0.356 e. The summed E-state index contributed by atoms with van der Waals surface area (Å²) in [5.41, 5.74) is 0. The minimum absolute atomic E-state index is 0.0232. The molecule has 0 atom stereocenters. The fourth-order valence-corrected chi connectivity index (χ4v) is 3.70. The summed E-state index contributed by atoms with van der Waals surface area (Å²) >= 11 is 0. The molecule has 132 valence electrons. The van der Waals surface area contributed by atoms with Gasteiger partial charge in [-0.3, -0.25) is 9.13 Å². The first kappa shape index (κ1) is 22.2. The summed E-state index contributed by atoms with van der Waals surface area (Å²) in [5, 5.41) is 0. The van der Waals surface area contributed by atoms with Crippen molar-refractivity contribution in [3.8, 4) is 0 Å². The first-order valence-electron chi connectivity index (χ1n) is 6.73. The van der Waals surface area contributed by atoms with Crippen molar-refractivity contribution in [2.24, 2.45) is 0 Å². The molecule has 0 saturated heterocycles. The highest BCUT2D eigenvalue weighted by atomic mass is 31.2. The van der Waals surface area contributed by atoms with Crippen LogP contribution in [0.25, 0.3) is 0 Å². The molecule has 0 amide bonds. The molecule has 0 rings (SSSR count). The molecule has 0 aliphatic carbocycles. The number of hydrogen-bond donors (Lipinski definition) is 0. The summed E-state index contributed by atoms with van der Waals surface area (Å²) < 4.78 is 50.3. The van der Waals surface area contributed by atoms with Crippen LogP contribution in [-0.4, -0.2) is 39.1 Å². The van der Waals surface area contributed by atoms with Crippen LogP contribution in [0.4, 0.5) is 0 Å². The van der Waals surface area contributed by atoms with E-state index in [4.69, 9.17) is 22.8 Å². The summed E-state index contributed by atoms with van der Waals surface area (Å²) in [7, 11) is -7.05. The van der Waals surface area contributed by atoms with Crippen molar-refractivity contribution in [3.05, 3.63) is 50.6 Å². The Labute approximate surface area is 137 Å². The third-order valence-electron chi connectivity index (χ3n) is 2.06. The zero-order chi connectivity index (χ0) is 17.6. The summed E-state index contributed by atoms with van der Waals surface area (Å²) in [4.78, 5) is 0. The molecule has 0 radical (unpaired) electrons. The smallest absolute Gasteiger partial charge is 0.356 e. The highest BCUT2D eigenvalue weighted by molar-refractivity contribution is 7.54. The van der Waals surface area contributed by atoms with Crippen molar-refractivity contribution >= 4 is 15.2 Å². The molecule has 7 nitrogen and oxygen atoms in total. The maximum atomic E-state index is 12.4. The van der Waals surface area contributed by atoms with E-state index in [-0.39, 0.29) is 26.4 Å². The van der Waals surface area contributed by atoms with E-state index >= 15 is 0 Å². The topological polar surface area (TPSA) is 80.3 Å².